The Morgan fingerprint density at radius 1 is 0.900 bits per heavy atom. The van der Waals surface area contributed by atoms with Crippen LogP contribution in [-0.2, 0) is 6.54 Å². The maximum Gasteiger partial charge on any atom is 0.261 e. The van der Waals surface area contributed by atoms with Crippen LogP contribution in [0.15, 0.2) is 109 Å². The number of aromatic nitrogens is 4. The van der Waals surface area contributed by atoms with Gasteiger partial charge in [-0.15, -0.1) is 0 Å². The quantitative estimate of drug-likeness (QED) is 0.250. The lowest BCUT2D eigenvalue weighted by Gasteiger charge is -2.23. The molecule has 3 heterocycles. The van der Waals surface area contributed by atoms with E-state index in [-0.39, 0.29) is 17.1 Å². The normalized spacial score (nSPS) is 11.1. The number of halogens is 2. The highest BCUT2D eigenvalue weighted by atomic mass is 35.5. The van der Waals surface area contributed by atoms with Crippen LogP contribution in [0.3, 0.4) is 0 Å². The van der Waals surface area contributed by atoms with Crippen LogP contribution < -0.4 is 10.6 Å². The van der Waals surface area contributed by atoms with E-state index in [4.69, 9.17) is 22.3 Å². The third kappa shape index (κ3) is 4.76. The Kier molecular flexibility index (Phi) is 6.67. The zero-order valence-electron chi connectivity index (χ0n) is 21.1. The first kappa shape index (κ1) is 25.2. The molecule has 0 radical (unpaired) electrons. The van der Waals surface area contributed by atoms with Gasteiger partial charge in [0.2, 0.25) is 0 Å². The molecule has 0 spiro atoms. The number of hydrogen-bond acceptors (Lipinski definition) is 5. The monoisotopic (exact) mass is 548 g/mol. The van der Waals surface area contributed by atoms with Crippen molar-refractivity contribution in [1.29, 1.82) is 0 Å². The first-order chi connectivity index (χ1) is 19.5. The summed E-state index contributed by atoms with van der Waals surface area (Å²) in [4.78, 5) is 28.6. The Labute approximate surface area is 234 Å². The summed E-state index contributed by atoms with van der Waals surface area (Å²) in [6.07, 6.45) is 3.35. The fraction of sp³-hybridized carbons (Fsp3) is 0.0323. The standard InChI is InChI=1S/C31H22ClFN6O/c32-21-12-15-24(26(33)18-21)31(40)38(22-6-2-1-3-7-22)19-20-10-13-23(14-11-20)39-29(25-8-4-16-35-28(25)34)37-27-9-5-17-36-30(27)39/h1-18H,19H2,(H2,34,35). The summed E-state index contributed by atoms with van der Waals surface area (Å²) in [5.74, 6) is -0.160. The molecule has 0 bridgehead atoms. The average Bonchev–Trinajstić information content (AvgIpc) is 3.36. The van der Waals surface area contributed by atoms with Crippen LogP contribution in [0.5, 0.6) is 0 Å². The molecular formula is C31H22ClFN6O. The number of anilines is 2. The second-order valence-corrected chi connectivity index (χ2v) is 9.51. The number of fused-ring (bicyclic) bond motifs is 1. The van der Waals surface area contributed by atoms with E-state index in [1.54, 1.807) is 12.4 Å². The zero-order chi connectivity index (χ0) is 27.6. The van der Waals surface area contributed by atoms with E-state index in [9.17, 15) is 9.18 Å². The smallest absolute Gasteiger partial charge is 0.261 e. The van der Waals surface area contributed by atoms with Gasteiger partial charge in [0.25, 0.3) is 5.91 Å². The Morgan fingerprint density at radius 3 is 2.40 bits per heavy atom. The molecule has 3 aromatic carbocycles. The molecule has 2 N–H and O–H groups in total. The van der Waals surface area contributed by atoms with Crippen molar-refractivity contribution >= 4 is 40.2 Å². The Morgan fingerprint density at radius 2 is 1.65 bits per heavy atom. The van der Waals surface area contributed by atoms with E-state index >= 15 is 0 Å². The number of amides is 1. The molecule has 0 saturated carbocycles. The molecule has 7 nitrogen and oxygen atoms in total. The minimum absolute atomic E-state index is 0.0560. The molecule has 6 rings (SSSR count). The predicted molar refractivity (Wildman–Crippen MR) is 155 cm³/mol. The van der Waals surface area contributed by atoms with Crippen molar-refractivity contribution in [3.05, 3.63) is 131 Å². The molecule has 0 aliphatic heterocycles. The first-order valence-electron chi connectivity index (χ1n) is 12.5. The molecule has 0 saturated heterocycles. The Hall–Kier alpha value is -5.08. The number of hydrogen-bond donors (Lipinski definition) is 1. The second kappa shape index (κ2) is 10.6. The van der Waals surface area contributed by atoms with Gasteiger partial charge in [0, 0.05) is 28.8 Å². The second-order valence-electron chi connectivity index (χ2n) is 9.07. The lowest BCUT2D eigenvalue weighted by Crippen LogP contribution is -2.31. The number of imidazole rings is 1. The SMILES string of the molecule is Nc1ncccc1-c1nc2cccnc2n1-c1ccc(CN(C(=O)c2ccc(Cl)cc2F)c2ccccc2)cc1. The summed E-state index contributed by atoms with van der Waals surface area (Å²) < 4.78 is 16.6. The van der Waals surface area contributed by atoms with Gasteiger partial charge in [-0.1, -0.05) is 41.9 Å². The van der Waals surface area contributed by atoms with Gasteiger partial charge >= 0.3 is 0 Å². The van der Waals surface area contributed by atoms with Crippen molar-refractivity contribution in [2.45, 2.75) is 6.54 Å². The van der Waals surface area contributed by atoms with E-state index in [2.05, 4.69) is 9.97 Å². The van der Waals surface area contributed by atoms with Crippen molar-refractivity contribution in [3.63, 3.8) is 0 Å². The molecule has 40 heavy (non-hydrogen) atoms. The van der Waals surface area contributed by atoms with Crippen LogP contribution in [0.2, 0.25) is 5.02 Å². The van der Waals surface area contributed by atoms with Gasteiger partial charge in [-0.3, -0.25) is 9.36 Å². The van der Waals surface area contributed by atoms with E-state index < -0.39 is 11.7 Å². The molecule has 9 heteroatoms. The number of carbonyl (C=O) groups excluding carboxylic acids is 1. The molecule has 0 atom stereocenters. The fourth-order valence-corrected chi connectivity index (χ4v) is 4.73. The van der Waals surface area contributed by atoms with Crippen molar-refractivity contribution in [2.24, 2.45) is 0 Å². The summed E-state index contributed by atoms with van der Waals surface area (Å²) in [5, 5.41) is 0.227. The Balaban J connectivity index is 1.38. The van der Waals surface area contributed by atoms with Crippen molar-refractivity contribution in [1.82, 2.24) is 19.5 Å². The number of carbonyl (C=O) groups is 1. The summed E-state index contributed by atoms with van der Waals surface area (Å²) in [6, 6.07) is 28.3. The molecule has 0 unspecified atom stereocenters. The number of rotatable bonds is 6. The lowest BCUT2D eigenvalue weighted by molar-refractivity contribution is 0.0981. The third-order valence-corrected chi connectivity index (χ3v) is 6.74. The highest BCUT2D eigenvalue weighted by Crippen LogP contribution is 2.30. The zero-order valence-corrected chi connectivity index (χ0v) is 21.8. The van der Waals surface area contributed by atoms with Gasteiger partial charge in [0.05, 0.1) is 17.7 Å². The molecule has 196 valence electrons. The largest absolute Gasteiger partial charge is 0.383 e. The highest BCUT2D eigenvalue weighted by molar-refractivity contribution is 6.30. The van der Waals surface area contributed by atoms with E-state index in [1.807, 2.05) is 83.4 Å². The molecule has 0 fully saturated rings. The number of nitrogens with two attached hydrogens (primary N) is 1. The minimum atomic E-state index is -0.671. The van der Waals surface area contributed by atoms with Crippen molar-refractivity contribution < 1.29 is 9.18 Å². The summed E-state index contributed by atoms with van der Waals surface area (Å²) in [7, 11) is 0. The number of para-hydroxylation sites is 1. The molecule has 6 aromatic rings. The molecule has 0 aliphatic rings. The maximum absolute atomic E-state index is 14.7. The van der Waals surface area contributed by atoms with Crippen LogP contribution in [0, 0.1) is 5.82 Å². The molecule has 1 amide bonds. The van der Waals surface area contributed by atoms with Gasteiger partial charge in [-0.25, -0.2) is 19.3 Å². The first-order valence-corrected chi connectivity index (χ1v) is 12.8. The van der Waals surface area contributed by atoms with E-state index in [0.717, 1.165) is 22.8 Å². The number of nitrogen functional groups attached to an aromatic ring is 1. The molecule has 0 aliphatic carbocycles. The summed E-state index contributed by atoms with van der Waals surface area (Å²) in [6.45, 7) is 0.219. The van der Waals surface area contributed by atoms with Crippen molar-refractivity contribution in [2.75, 3.05) is 10.6 Å². The Bertz CT molecular complexity index is 1840. The summed E-state index contributed by atoms with van der Waals surface area (Å²) in [5.41, 5.74) is 10.5. The van der Waals surface area contributed by atoms with Crippen LogP contribution >= 0.6 is 11.6 Å². The van der Waals surface area contributed by atoms with Crippen LogP contribution in [-0.4, -0.2) is 25.4 Å². The van der Waals surface area contributed by atoms with Crippen LogP contribution in [0.4, 0.5) is 15.9 Å². The number of nitrogens with zero attached hydrogens (tertiary/aromatic N) is 5. The number of benzene rings is 3. The van der Waals surface area contributed by atoms with Crippen molar-refractivity contribution in [3.8, 4) is 17.1 Å². The average molecular weight is 549 g/mol. The molecule has 3 aromatic heterocycles. The lowest BCUT2D eigenvalue weighted by atomic mass is 10.1. The highest BCUT2D eigenvalue weighted by Gasteiger charge is 2.22. The van der Waals surface area contributed by atoms with Gasteiger partial charge in [0.15, 0.2) is 11.5 Å². The van der Waals surface area contributed by atoms with Gasteiger partial charge < -0.3 is 10.6 Å². The fourth-order valence-electron chi connectivity index (χ4n) is 4.57. The van der Waals surface area contributed by atoms with Gasteiger partial charge in [-0.2, -0.15) is 0 Å². The van der Waals surface area contributed by atoms with Crippen LogP contribution in [0.25, 0.3) is 28.2 Å². The summed E-state index contributed by atoms with van der Waals surface area (Å²) >= 11 is 5.91. The van der Waals surface area contributed by atoms with E-state index in [0.29, 0.717) is 28.5 Å². The topological polar surface area (TPSA) is 89.9 Å². The maximum atomic E-state index is 14.7. The number of pyridine rings is 2. The van der Waals surface area contributed by atoms with Gasteiger partial charge in [-0.05, 0) is 72.3 Å². The minimum Gasteiger partial charge on any atom is -0.383 e. The van der Waals surface area contributed by atoms with Gasteiger partial charge in [0.1, 0.15) is 17.2 Å². The predicted octanol–water partition coefficient (Wildman–Crippen LogP) is 6.70. The van der Waals surface area contributed by atoms with E-state index in [1.165, 1.54) is 17.0 Å². The third-order valence-electron chi connectivity index (χ3n) is 6.51. The van der Waals surface area contributed by atoms with Crippen LogP contribution in [0.1, 0.15) is 15.9 Å². The molecular weight excluding hydrogens is 527 g/mol.